The highest BCUT2D eigenvalue weighted by molar-refractivity contribution is 6.06. The standard InChI is InChI=1S/C24H26N4O4.C8H16N4O2.C2H4O/c1-15-20(24(32)27-18(23(25)31)13-14-19(29)30)21(26-2)22(16-9-5-3-6-10-16)28(15)17-11-7-4-8-12-17;1-6(14)12-7(5-13)3-2-4-11-8(9)10;1-2-3/h3-12,18,26H,13-14H2,1-2H3,(H2,25,31)(H,27,32)(H,29,30);5,7H,2-4H2,1H3,(H,12,14)(H4,9,10,11);2H,1H3. The Balaban J connectivity index is 0.000000592. The summed E-state index contributed by atoms with van der Waals surface area (Å²) in [6.07, 6.45) is 2.28. The van der Waals surface area contributed by atoms with Gasteiger partial charge in [-0.25, -0.2) is 0 Å². The van der Waals surface area contributed by atoms with Gasteiger partial charge in [0.25, 0.3) is 5.91 Å². The average Bonchev–Trinajstić information content (AvgIpc) is 3.37. The van der Waals surface area contributed by atoms with Gasteiger partial charge in [0.15, 0.2) is 5.96 Å². The Bertz CT molecular complexity index is 1570. The number of rotatable bonds is 15. The molecule has 1 aromatic heterocycles. The summed E-state index contributed by atoms with van der Waals surface area (Å²) in [4.78, 5) is 69.7. The van der Waals surface area contributed by atoms with Crippen LogP contribution in [0.5, 0.6) is 0 Å². The highest BCUT2D eigenvalue weighted by atomic mass is 16.4. The third-order valence-corrected chi connectivity index (χ3v) is 6.76. The number of carboxylic acids is 1. The lowest BCUT2D eigenvalue weighted by Gasteiger charge is -2.15. The number of hydrogen-bond donors (Lipinski definition) is 7. The maximum atomic E-state index is 13.3. The first-order valence-corrected chi connectivity index (χ1v) is 15.4. The van der Waals surface area contributed by atoms with Crippen LogP contribution in [-0.2, 0) is 24.0 Å². The molecular formula is C34H46N8O7. The molecule has 1 heterocycles. The topological polar surface area (TPSA) is 254 Å². The monoisotopic (exact) mass is 678 g/mol. The molecule has 2 aromatic carbocycles. The van der Waals surface area contributed by atoms with E-state index in [-0.39, 0.29) is 24.7 Å². The van der Waals surface area contributed by atoms with Crippen molar-refractivity contribution in [3.8, 4) is 16.9 Å². The molecule has 0 saturated heterocycles. The van der Waals surface area contributed by atoms with Gasteiger partial charge in [-0.1, -0.05) is 48.5 Å². The summed E-state index contributed by atoms with van der Waals surface area (Å²) in [6, 6.07) is 17.8. The van der Waals surface area contributed by atoms with Crippen LogP contribution < -0.4 is 33.2 Å². The molecule has 3 aromatic rings. The Kier molecular flexibility index (Phi) is 18.2. The van der Waals surface area contributed by atoms with E-state index in [1.165, 1.54) is 13.8 Å². The molecule has 15 heteroatoms. The van der Waals surface area contributed by atoms with E-state index in [9.17, 15) is 24.0 Å². The molecule has 15 nitrogen and oxygen atoms in total. The first kappa shape index (κ1) is 41.0. The van der Waals surface area contributed by atoms with E-state index < -0.39 is 29.9 Å². The molecule has 264 valence electrons. The highest BCUT2D eigenvalue weighted by Crippen LogP contribution is 2.38. The maximum Gasteiger partial charge on any atom is 0.303 e. The highest BCUT2D eigenvalue weighted by Gasteiger charge is 2.29. The summed E-state index contributed by atoms with van der Waals surface area (Å²) < 4.78 is 1.98. The molecule has 0 aliphatic heterocycles. The molecule has 49 heavy (non-hydrogen) atoms. The number of aromatic nitrogens is 1. The average molecular weight is 679 g/mol. The molecule has 0 aliphatic carbocycles. The van der Waals surface area contributed by atoms with E-state index in [1.54, 1.807) is 7.05 Å². The third kappa shape index (κ3) is 13.7. The van der Waals surface area contributed by atoms with Gasteiger partial charge < -0.3 is 52.4 Å². The zero-order chi connectivity index (χ0) is 36.9. The summed E-state index contributed by atoms with van der Waals surface area (Å²) in [5.74, 6) is -2.54. The van der Waals surface area contributed by atoms with Gasteiger partial charge in [0.05, 0.1) is 23.0 Å². The zero-order valence-electron chi connectivity index (χ0n) is 28.1. The minimum absolute atomic E-state index is 0.0344. The second kappa shape index (κ2) is 21.7. The maximum absolute atomic E-state index is 13.3. The van der Waals surface area contributed by atoms with Crippen LogP contribution in [0.25, 0.3) is 16.9 Å². The number of nitrogens with zero attached hydrogens (tertiary/aromatic N) is 2. The number of anilines is 1. The summed E-state index contributed by atoms with van der Waals surface area (Å²) in [5.41, 5.74) is 19.8. The van der Waals surface area contributed by atoms with E-state index in [1.807, 2.05) is 72.2 Å². The van der Waals surface area contributed by atoms with Crippen LogP contribution in [-0.4, -0.2) is 77.6 Å². The van der Waals surface area contributed by atoms with Crippen LogP contribution in [0, 0.1) is 6.92 Å². The van der Waals surface area contributed by atoms with E-state index in [0.29, 0.717) is 42.6 Å². The van der Waals surface area contributed by atoms with Crippen LogP contribution in [0.2, 0.25) is 0 Å². The fraction of sp³-hybridized carbons (Fsp3) is 0.324. The predicted octanol–water partition coefficient (Wildman–Crippen LogP) is 1.89. The molecule has 0 saturated carbocycles. The lowest BCUT2D eigenvalue weighted by Crippen LogP contribution is -2.44. The van der Waals surface area contributed by atoms with E-state index >= 15 is 0 Å². The van der Waals surface area contributed by atoms with Gasteiger partial charge in [-0.05, 0) is 45.2 Å². The van der Waals surface area contributed by atoms with Crippen LogP contribution in [0.4, 0.5) is 5.69 Å². The minimum atomic E-state index is -1.09. The molecule has 2 unspecified atom stereocenters. The first-order valence-electron chi connectivity index (χ1n) is 15.4. The third-order valence-electron chi connectivity index (χ3n) is 6.76. The summed E-state index contributed by atoms with van der Waals surface area (Å²) in [5, 5.41) is 17.2. The van der Waals surface area contributed by atoms with Gasteiger partial charge in [0.2, 0.25) is 11.8 Å². The van der Waals surface area contributed by atoms with Crippen molar-refractivity contribution in [1.29, 1.82) is 0 Å². The number of primary amides is 1. The van der Waals surface area contributed by atoms with Crippen LogP contribution >= 0.6 is 0 Å². The first-order chi connectivity index (χ1) is 23.3. The minimum Gasteiger partial charge on any atom is -0.481 e. The number of carboxylic acid groups (broad SMARTS) is 1. The number of amides is 3. The Morgan fingerprint density at radius 3 is 1.98 bits per heavy atom. The van der Waals surface area contributed by atoms with Crippen molar-refractivity contribution in [1.82, 2.24) is 15.2 Å². The Labute approximate surface area is 285 Å². The Hall–Kier alpha value is -5.99. The molecule has 3 rings (SSSR count). The largest absolute Gasteiger partial charge is 0.481 e. The number of guanidine groups is 1. The Morgan fingerprint density at radius 1 is 0.939 bits per heavy atom. The van der Waals surface area contributed by atoms with E-state index in [0.717, 1.165) is 23.2 Å². The number of nitrogens with two attached hydrogens (primary N) is 3. The summed E-state index contributed by atoms with van der Waals surface area (Å²) >= 11 is 0. The van der Waals surface area contributed by atoms with Gasteiger partial charge in [0.1, 0.15) is 18.6 Å². The summed E-state index contributed by atoms with van der Waals surface area (Å²) in [6.45, 7) is 5.10. The van der Waals surface area contributed by atoms with Crippen molar-refractivity contribution in [3.05, 3.63) is 71.9 Å². The lowest BCUT2D eigenvalue weighted by molar-refractivity contribution is -0.137. The second-order valence-corrected chi connectivity index (χ2v) is 10.5. The molecule has 0 aliphatic rings. The van der Waals surface area contributed by atoms with Crippen LogP contribution in [0.15, 0.2) is 65.7 Å². The number of aldehydes is 2. The molecule has 0 fully saturated rings. The van der Waals surface area contributed by atoms with Crippen molar-refractivity contribution in [2.45, 2.75) is 58.5 Å². The summed E-state index contributed by atoms with van der Waals surface area (Å²) in [7, 11) is 1.73. The number of para-hydroxylation sites is 1. The number of aliphatic imine (C=N–C) groups is 1. The second-order valence-electron chi connectivity index (χ2n) is 10.5. The van der Waals surface area contributed by atoms with Gasteiger partial charge in [-0.15, -0.1) is 0 Å². The molecule has 0 bridgehead atoms. The number of benzene rings is 2. The number of nitrogens with one attached hydrogen (secondary N) is 3. The molecule has 10 N–H and O–H groups in total. The number of aliphatic carboxylic acids is 1. The van der Waals surface area contributed by atoms with Gasteiger partial charge >= 0.3 is 5.97 Å². The van der Waals surface area contributed by atoms with Crippen molar-refractivity contribution < 1.29 is 33.9 Å². The van der Waals surface area contributed by atoms with Crippen LogP contribution in [0.1, 0.15) is 55.6 Å². The normalized spacial score (nSPS) is 11.1. The van der Waals surface area contributed by atoms with E-state index in [2.05, 4.69) is 20.9 Å². The van der Waals surface area contributed by atoms with Crippen LogP contribution in [0.3, 0.4) is 0 Å². The lowest BCUT2D eigenvalue weighted by atomic mass is 10.1. The van der Waals surface area contributed by atoms with Gasteiger partial charge in [0, 0.05) is 43.9 Å². The van der Waals surface area contributed by atoms with Gasteiger partial charge in [-0.3, -0.25) is 24.2 Å². The number of hydrogen-bond acceptors (Lipinski definition) is 8. The quantitative estimate of drug-likeness (QED) is 0.0532. The molecule has 2 atom stereocenters. The number of carbonyl (C=O) groups excluding carboxylic acids is 5. The fourth-order valence-corrected chi connectivity index (χ4v) is 4.72. The molecular weight excluding hydrogens is 632 g/mol. The van der Waals surface area contributed by atoms with Crippen molar-refractivity contribution in [2.24, 2.45) is 22.2 Å². The molecule has 0 radical (unpaired) electrons. The number of carbonyl (C=O) groups is 6. The smallest absolute Gasteiger partial charge is 0.303 e. The van der Waals surface area contributed by atoms with E-state index in [4.69, 9.17) is 27.1 Å². The fourth-order valence-electron chi connectivity index (χ4n) is 4.72. The Morgan fingerprint density at radius 2 is 1.51 bits per heavy atom. The molecule has 0 spiro atoms. The van der Waals surface area contributed by atoms with Crippen molar-refractivity contribution >= 4 is 47.9 Å². The predicted molar refractivity (Wildman–Crippen MR) is 188 cm³/mol. The SMILES string of the molecule is CC(=O)NC(C=O)CCCN=C(N)N.CC=O.CNc1c(C(=O)NC(CCC(=O)O)C(N)=O)c(C)n(-c2ccccc2)c1-c1ccccc1. The van der Waals surface area contributed by atoms with Crippen molar-refractivity contribution in [3.63, 3.8) is 0 Å². The van der Waals surface area contributed by atoms with Gasteiger partial charge in [-0.2, -0.15) is 0 Å². The zero-order valence-corrected chi connectivity index (χ0v) is 28.1. The molecule has 3 amide bonds. The van der Waals surface area contributed by atoms with Crippen molar-refractivity contribution in [2.75, 3.05) is 18.9 Å².